The number of hydrogen-bond donors (Lipinski definition) is 0. The Kier molecular flexibility index (Phi) is 14.3. The van der Waals surface area contributed by atoms with Crippen molar-refractivity contribution in [3.05, 3.63) is 173 Å². The van der Waals surface area contributed by atoms with Crippen LogP contribution >= 0.6 is 0 Å². The Morgan fingerprint density at radius 1 is 0.517 bits per heavy atom. The van der Waals surface area contributed by atoms with E-state index in [2.05, 4.69) is 178 Å². The fourth-order valence-corrected chi connectivity index (χ4v) is 8.72. The third-order valence-electron chi connectivity index (χ3n) is 12.1. The second kappa shape index (κ2) is 20.1. The van der Waals surface area contributed by atoms with E-state index in [1.54, 1.807) is 0 Å². The van der Waals surface area contributed by atoms with Crippen molar-refractivity contribution in [2.24, 2.45) is 11.8 Å². The predicted molar refractivity (Wildman–Crippen MR) is 243 cm³/mol. The van der Waals surface area contributed by atoms with Crippen LogP contribution in [0.15, 0.2) is 146 Å². The minimum atomic E-state index is 0.216. The van der Waals surface area contributed by atoms with Gasteiger partial charge in [0, 0.05) is 7.11 Å². The SMILES string of the molecule is CN(C)CCC1CCc2cc(OCc3ccc(-c4ccccc4)cc3)ccc2C1.COC1c2ccc(-c3ccc(-c4ccccc4)cc3)cc2CCC1CCN(C)C. The summed E-state index contributed by atoms with van der Waals surface area (Å²) >= 11 is 0. The zero-order valence-corrected chi connectivity index (χ0v) is 35.4. The van der Waals surface area contributed by atoms with Crippen molar-refractivity contribution in [3.8, 4) is 39.1 Å². The number of rotatable bonds is 13. The average Bonchev–Trinajstić information content (AvgIpc) is 3.27. The van der Waals surface area contributed by atoms with Crippen LogP contribution < -0.4 is 4.74 Å². The lowest BCUT2D eigenvalue weighted by atomic mass is 9.78. The number of nitrogens with zero attached hydrogens (tertiary/aromatic N) is 2. The van der Waals surface area contributed by atoms with Crippen molar-refractivity contribution in [3.63, 3.8) is 0 Å². The molecule has 300 valence electrons. The van der Waals surface area contributed by atoms with Crippen molar-refractivity contribution in [2.45, 2.75) is 57.7 Å². The van der Waals surface area contributed by atoms with E-state index in [0.29, 0.717) is 12.5 Å². The van der Waals surface area contributed by atoms with Gasteiger partial charge in [-0.2, -0.15) is 0 Å². The van der Waals surface area contributed by atoms with E-state index in [-0.39, 0.29) is 6.10 Å². The molecule has 0 saturated heterocycles. The first kappa shape index (κ1) is 41.2. The molecule has 0 aromatic heterocycles. The summed E-state index contributed by atoms with van der Waals surface area (Å²) in [5.74, 6) is 2.41. The number of aryl methyl sites for hydroxylation is 2. The molecule has 0 amide bonds. The van der Waals surface area contributed by atoms with Crippen LogP contribution in [0.3, 0.4) is 0 Å². The number of methoxy groups -OCH3 is 1. The highest BCUT2D eigenvalue weighted by Gasteiger charge is 2.29. The molecule has 0 saturated carbocycles. The van der Waals surface area contributed by atoms with Crippen LogP contribution in [0, 0.1) is 11.8 Å². The highest BCUT2D eigenvalue weighted by atomic mass is 16.5. The van der Waals surface area contributed by atoms with Crippen LogP contribution in [0.5, 0.6) is 5.75 Å². The van der Waals surface area contributed by atoms with Gasteiger partial charge in [0.2, 0.25) is 0 Å². The van der Waals surface area contributed by atoms with Crippen LogP contribution in [-0.4, -0.2) is 58.2 Å². The first-order chi connectivity index (χ1) is 28.3. The molecular formula is C54H62N2O2. The van der Waals surface area contributed by atoms with Gasteiger partial charge in [0.25, 0.3) is 0 Å². The summed E-state index contributed by atoms with van der Waals surface area (Å²) in [5, 5.41) is 0. The van der Waals surface area contributed by atoms with Crippen molar-refractivity contribution >= 4 is 0 Å². The Morgan fingerprint density at radius 3 is 1.69 bits per heavy atom. The Hall–Kier alpha value is -5.00. The molecule has 3 atom stereocenters. The lowest BCUT2D eigenvalue weighted by Crippen LogP contribution is -2.26. The van der Waals surface area contributed by atoms with E-state index >= 15 is 0 Å². The van der Waals surface area contributed by atoms with Gasteiger partial charge in [-0.15, -0.1) is 0 Å². The van der Waals surface area contributed by atoms with Gasteiger partial charge in [-0.3, -0.25) is 0 Å². The largest absolute Gasteiger partial charge is 0.489 e. The summed E-state index contributed by atoms with van der Waals surface area (Å²) in [4.78, 5) is 4.56. The summed E-state index contributed by atoms with van der Waals surface area (Å²) in [6.45, 7) is 2.91. The van der Waals surface area contributed by atoms with Crippen molar-refractivity contribution in [2.75, 3.05) is 48.4 Å². The lowest BCUT2D eigenvalue weighted by Gasteiger charge is -2.33. The summed E-state index contributed by atoms with van der Waals surface area (Å²) in [6.07, 6.45) is 8.73. The normalized spacial score (nSPS) is 17.3. The van der Waals surface area contributed by atoms with E-state index in [9.17, 15) is 0 Å². The monoisotopic (exact) mass is 770 g/mol. The standard InChI is InChI=1S/2C27H31NO/c1-28(2)18-17-23-13-14-25-19-24(15-16-26(25)27(23)29-3)22-11-9-21(10-12-22)20-7-5-4-6-8-20;1-28(2)17-16-21-8-13-26-19-27(15-14-25(26)18-21)29-20-22-9-11-24(12-10-22)23-6-4-3-5-7-23/h4-12,15-16,19,23,27H,13-14,17-18H2,1-3H3;3-7,9-12,14-15,19,21H,8,13,16-18,20H2,1-2H3. The fraction of sp³-hybridized carbons (Fsp3) is 0.333. The van der Waals surface area contributed by atoms with E-state index < -0.39 is 0 Å². The van der Waals surface area contributed by atoms with Crippen LogP contribution in [0.4, 0.5) is 0 Å². The fourth-order valence-electron chi connectivity index (χ4n) is 8.72. The molecule has 0 heterocycles. The molecule has 0 aliphatic heterocycles. The molecule has 0 fully saturated rings. The Morgan fingerprint density at radius 2 is 1.07 bits per heavy atom. The molecule has 2 aliphatic carbocycles. The zero-order chi connectivity index (χ0) is 40.3. The van der Waals surface area contributed by atoms with Gasteiger partial charge in [0.05, 0.1) is 6.10 Å². The van der Waals surface area contributed by atoms with E-state index in [4.69, 9.17) is 9.47 Å². The minimum absolute atomic E-state index is 0.216. The van der Waals surface area contributed by atoms with Gasteiger partial charge in [-0.1, -0.05) is 133 Å². The number of hydrogen-bond acceptors (Lipinski definition) is 4. The van der Waals surface area contributed by atoms with Crippen LogP contribution in [-0.2, 0) is 30.6 Å². The molecule has 58 heavy (non-hydrogen) atoms. The first-order valence-electron chi connectivity index (χ1n) is 21.3. The van der Waals surface area contributed by atoms with Gasteiger partial charge in [0.1, 0.15) is 12.4 Å². The molecule has 4 heteroatoms. The molecule has 4 nitrogen and oxygen atoms in total. The molecule has 2 aliphatic rings. The Labute approximate surface area is 348 Å². The number of fused-ring (bicyclic) bond motifs is 2. The van der Waals surface area contributed by atoms with Gasteiger partial charge >= 0.3 is 0 Å². The summed E-state index contributed by atoms with van der Waals surface area (Å²) < 4.78 is 12.1. The van der Waals surface area contributed by atoms with Gasteiger partial charge in [-0.05, 0) is 171 Å². The smallest absolute Gasteiger partial charge is 0.120 e. The molecule has 0 bridgehead atoms. The van der Waals surface area contributed by atoms with Crippen LogP contribution in [0.1, 0.15) is 59.6 Å². The maximum absolute atomic E-state index is 6.10. The number of ether oxygens (including phenoxy) is 2. The number of benzene rings is 6. The van der Waals surface area contributed by atoms with Gasteiger partial charge in [-0.25, -0.2) is 0 Å². The lowest BCUT2D eigenvalue weighted by molar-refractivity contribution is 0.0343. The van der Waals surface area contributed by atoms with E-state index in [1.165, 1.54) is 106 Å². The third kappa shape index (κ3) is 10.9. The van der Waals surface area contributed by atoms with E-state index in [0.717, 1.165) is 24.6 Å². The quantitative estimate of drug-likeness (QED) is 0.117. The van der Waals surface area contributed by atoms with Gasteiger partial charge < -0.3 is 19.3 Å². The molecule has 3 unspecified atom stereocenters. The van der Waals surface area contributed by atoms with Crippen LogP contribution in [0.2, 0.25) is 0 Å². The first-order valence-corrected chi connectivity index (χ1v) is 21.3. The molecule has 6 aromatic carbocycles. The van der Waals surface area contributed by atoms with Crippen molar-refractivity contribution < 1.29 is 9.47 Å². The van der Waals surface area contributed by atoms with E-state index in [1.807, 2.05) is 13.2 Å². The third-order valence-corrected chi connectivity index (χ3v) is 12.1. The highest BCUT2D eigenvalue weighted by molar-refractivity contribution is 5.71. The molecular weight excluding hydrogens is 709 g/mol. The van der Waals surface area contributed by atoms with Crippen LogP contribution in [0.25, 0.3) is 33.4 Å². The van der Waals surface area contributed by atoms with Crippen molar-refractivity contribution in [1.82, 2.24) is 9.80 Å². The second-order valence-corrected chi connectivity index (χ2v) is 16.9. The minimum Gasteiger partial charge on any atom is -0.489 e. The highest BCUT2D eigenvalue weighted by Crippen LogP contribution is 2.40. The Balaban J connectivity index is 0.000000177. The summed E-state index contributed by atoms with van der Waals surface area (Å²) in [6, 6.07) is 52.3. The molecule has 0 radical (unpaired) electrons. The van der Waals surface area contributed by atoms with Crippen molar-refractivity contribution in [1.29, 1.82) is 0 Å². The zero-order valence-electron chi connectivity index (χ0n) is 35.4. The second-order valence-electron chi connectivity index (χ2n) is 16.9. The topological polar surface area (TPSA) is 24.9 Å². The average molecular weight is 771 g/mol. The molecule has 8 rings (SSSR count). The molecule has 0 N–H and O–H groups in total. The summed E-state index contributed by atoms with van der Waals surface area (Å²) in [5.41, 5.74) is 14.6. The Bertz CT molecular complexity index is 2160. The van der Waals surface area contributed by atoms with Gasteiger partial charge in [0.15, 0.2) is 0 Å². The maximum atomic E-state index is 6.10. The molecule has 0 spiro atoms. The maximum Gasteiger partial charge on any atom is 0.120 e. The summed E-state index contributed by atoms with van der Waals surface area (Å²) in [7, 11) is 10.5. The predicted octanol–water partition coefficient (Wildman–Crippen LogP) is 12.2. The molecule has 6 aromatic rings.